The Morgan fingerprint density at radius 1 is 0.543 bits per heavy atom. The molecule has 0 aromatic heterocycles. The standard InChI is InChI=1S/C34H21N/c35-21-23-15-13-22(14-16-23)19-26-20-25-18-17-24-7-1-2-8-27(24)32(25)34-31-12-6-4-10-29(31)28-9-3-5-11-30(28)33(26)34/h1-19H,20H2/b26-19-. The highest BCUT2D eigenvalue weighted by molar-refractivity contribution is 6.23. The van der Waals surface area contributed by atoms with E-state index in [4.69, 9.17) is 0 Å². The zero-order valence-electron chi connectivity index (χ0n) is 19.1. The van der Waals surface area contributed by atoms with Gasteiger partial charge in [0.1, 0.15) is 0 Å². The summed E-state index contributed by atoms with van der Waals surface area (Å²) < 4.78 is 0. The maximum atomic E-state index is 9.23. The lowest BCUT2D eigenvalue weighted by molar-refractivity contribution is 1.28. The third kappa shape index (κ3) is 3.01. The van der Waals surface area contributed by atoms with Gasteiger partial charge in [0, 0.05) is 0 Å². The van der Waals surface area contributed by atoms with Gasteiger partial charge in [-0.3, -0.25) is 0 Å². The first-order valence-corrected chi connectivity index (χ1v) is 12.0. The van der Waals surface area contributed by atoms with Gasteiger partial charge in [-0.2, -0.15) is 5.26 Å². The summed E-state index contributed by atoms with van der Waals surface area (Å²) in [5.74, 6) is 0. The zero-order chi connectivity index (χ0) is 23.4. The molecule has 0 unspecified atom stereocenters. The van der Waals surface area contributed by atoms with Gasteiger partial charge in [0.15, 0.2) is 0 Å². The summed E-state index contributed by atoms with van der Waals surface area (Å²) in [6.07, 6.45) is 3.18. The zero-order valence-corrected chi connectivity index (χ0v) is 19.1. The van der Waals surface area contributed by atoms with Crippen LogP contribution in [0.25, 0.3) is 55.1 Å². The van der Waals surface area contributed by atoms with E-state index in [0.717, 1.165) is 12.0 Å². The monoisotopic (exact) mass is 443 g/mol. The number of hydrogen-bond donors (Lipinski definition) is 0. The Morgan fingerprint density at radius 3 is 1.83 bits per heavy atom. The molecule has 1 aliphatic carbocycles. The second kappa shape index (κ2) is 7.69. The molecule has 6 aromatic carbocycles. The van der Waals surface area contributed by atoms with E-state index in [1.165, 1.54) is 60.1 Å². The highest BCUT2D eigenvalue weighted by atomic mass is 14.3. The van der Waals surface area contributed by atoms with Crippen LogP contribution in [0.4, 0.5) is 0 Å². The van der Waals surface area contributed by atoms with Crippen LogP contribution in [0.1, 0.15) is 22.3 Å². The quantitative estimate of drug-likeness (QED) is 0.233. The Kier molecular flexibility index (Phi) is 4.34. The van der Waals surface area contributed by atoms with Crippen molar-refractivity contribution < 1.29 is 0 Å². The van der Waals surface area contributed by atoms with Gasteiger partial charge in [-0.15, -0.1) is 0 Å². The van der Waals surface area contributed by atoms with Gasteiger partial charge in [-0.25, -0.2) is 0 Å². The summed E-state index contributed by atoms with van der Waals surface area (Å²) in [6.45, 7) is 0. The number of benzene rings is 6. The number of nitrogens with zero attached hydrogens (tertiary/aromatic N) is 1. The van der Waals surface area contributed by atoms with Gasteiger partial charge in [0.05, 0.1) is 11.6 Å². The van der Waals surface area contributed by atoms with E-state index in [9.17, 15) is 5.26 Å². The van der Waals surface area contributed by atoms with Crippen molar-refractivity contribution in [3.63, 3.8) is 0 Å². The molecule has 0 aliphatic heterocycles. The molecule has 0 heterocycles. The molecule has 0 amide bonds. The van der Waals surface area contributed by atoms with Crippen LogP contribution in [-0.4, -0.2) is 0 Å². The molecular weight excluding hydrogens is 422 g/mol. The molecule has 0 saturated carbocycles. The van der Waals surface area contributed by atoms with Crippen molar-refractivity contribution >= 4 is 44.0 Å². The normalized spacial score (nSPS) is 13.6. The van der Waals surface area contributed by atoms with Crippen molar-refractivity contribution in [2.24, 2.45) is 0 Å². The molecule has 35 heavy (non-hydrogen) atoms. The largest absolute Gasteiger partial charge is 0.192 e. The average molecular weight is 444 g/mol. The molecule has 0 N–H and O–H groups in total. The fraction of sp³-hybridized carbons (Fsp3) is 0.0294. The van der Waals surface area contributed by atoms with Crippen molar-refractivity contribution in [1.82, 2.24) is 0 Å². The minimum Gasteiger partial charge on any atom is -0.192 e. The smallest absolute Gasteiger partial charge is 0.0991 e. The molecule has 0 saturated heterocycles. The van der Waals surface area contributed by atoms with E-state index in [2.05, 4.69) is 97.1 Å². The first kappa shape index (κ1) is 19.8. The Bertz CT molecular complexity index is 1860. The van der Waals surface area contributed by atoms with Crippen LogP contribution in [0.5, 0.6) is 0 Å². The molecule has 0 atom stereocenters. The summed E-state index contributed by atoms with van der Waals surface area (Å²) in [5.41, 5.74) is 8.49. The van der Waals surface area contributed by atoms with E-state index in [1.807, 2.05) is 24.3 Å². The minimum atomic E-state index is 0.685. The first-order valence-electron chi connectivity index (χ1n) is 12.0. The van der Waals surface area contributed by atoms with E-state index < -0.39 is 0 Å². The van der Waals surface area contributed by atoms with Crippen LogP contribution in [0.3, 0.4) is 0 Å². The molecule has 1 nitrogen and oxygen atoms in total. The van der Waals surface area contributed by atoms with Gasteiger partial charge in [0.25, 0.3) is 0 Å². The summed E-state index contributed by atoms with van der Waals surface area (Å²) >= 11 is 0. The maximum Gasteiger partial charge on any atom is 0.0991 e. The minimum absolute atomic E-state index is 0.685. The van der Waals surface area contributed by atoms with Crippen LogP contribution in [-0.2, 0) is 6.42 Å². The highest BCUT2D eigenvalue weighted by Crippen LogP contribution is 2.50. The molecule has 1 aliphatic rings. The third-order valence-corrected chi connectivity index (χ3v) is 7.28. The number of fused-ring (bicyclic) bond motifs is 10. The second-order valence-corrected chi connectivity index (χ2v) is 9.24. The maximum absolute atomic E-state index is 9.23. The van der Waals surface area contributed by atoms with Crippen LogP contribution >= 0.6 is 0 Å². The first-order chi connectivity index (χ1) is 17.3. The van der Waals surface area contributed by atoms with E-state index in [1.54, 1.807) is 0 Å². The fourth-order valence-electron chi connectivity index (χ4n) is 5.77. The summed E-state index contributed by atoms with van der Waals surface area (Å²) in [5, 5.41) is 17.0. The van der Waals surface area contributed by atoms with Crippen molar-refractivity contribution in [3.05, 3.63) is 131 Å². The number of nitriles is 1. The van der Waals surface area contributed by atoms with E-state index in [-0.39, 0.29) is 0 Å². The molecule has 0 spiro atoms. The number of allylic oxidation sites excluding steroid dienone is 1. The average Bonchev–Trinajstić information content (AvgIpc) is 2.93. The van der Waals surface area contributed by atoms with Gasteiger partial charge in [-0.1, -0.05) is 103 Å². The fourth-order valence-corrected chi connectivity index (χ4v) is 5.77. The lowest BCUT2D eigenvalue weighted by Crippen LogP contribution is -2.06. The van der Waals surface area contributed by atoms with Crippen molar-refractivity contribution in [2.75, 3.05) is 0 Å². The Labute approximate surface area is 204 Å². The Hall–Kier alpha value is -4.67. The van der Waals surface area contributed by atoms with E-state index >= 15 is 0 Å². The molecule has 162 valence electrons. The van der Waals surface area contributed by atoms with Crippen molar-refractivity contribution in [3.8, 4) is 17.2 Å². The summed E-state index contributed by atoms with van der Waals surface area (Å²) in [4.78, 5) is 0. The highest BCUT2D eigenvalue weighted by Gasteiger charge is 2.26. The molecule has 0 fully saturated rings. The Morgan fingerprint density at radius 2 is 1.14 bits per heavy atom. The van der Waals surface area contributed by atoms with Crippen LogP contribution < -0.4 is 0 Å². The molecule has 1 heteroatoms. The predicted octanol–water partition coefficient (Wildman–Crippen LogP) is 8.78. The SMILES string of the molecule is N#Cc1ccc(/C=C2/Cc3ccc4ccccc4c3-c3c2c2ccccc2c2ccccc32)cc1. The van der Waals surface area contributed by atoms with Crippen LogP contribution in [0, 0.1) is 11.3 Å². The van der Waals surface area contributed by atoms with Gasteiger partial charge in [0.2, 0.25) is 0 Å². The summed E-state index contributed by atoms with van der Waals surface area (Å²) in [6, 6.07) is 41.0. The summed E-state index contributed by atoms with van der Waals surface area (Å²) in [7, 11) is 0. The van der Waals surface area contributed by atoms with Gasteiger partial charge < -0.3 is 0 Å². The van der Waals surface area contributed by atoms with Crippen molar-refractivity contribution in [2.45, 2.75) is 6.42 Å². The number of rotatable bonds is 1. The third-order valence-electron chi connectivity index (χ3n) is 7.28. The second-order valence-electron chi connectivity index (χ2n) is 9.24. The predicted molar refractivity (Wildman–Crippen MR) is 147 cm³/mol. The molecule has 0 bridgehead atoms. The van der Waals surface area contributed by atoms with Crippen LogP contribution in [0.15, 0.2) is 109 Å². The lowest BCUT2D eigenvalue weighted by Gasteiger charge is -2.28. The Balaban J connectivity index is 1.65. The van der Waals surface area contributed by atoms with Gasteiger partial charge in [-0.05, 0) is 84.3 Å². The molecule has 0 radical (unpaired) electrons. The number of hydrogen-bond acceptors (Lipinski definition) is 1. The topological polar surface area (TPSA) is 23.8 Å². The lowest BCUT2D eigenvalue weighted by atomic mass is 9.75. The van der Waals surface area contributed by atoms with Gasteiger partial charge >= 0.3 is 0 Å². The molecule has 6 aromatic rings. The molecule has 7 rings (SSSR count). The van der Waals surface area contributed by atoms with Crippen molar-refractivity contribution in [1.29, 1.82) is 5.26 Å². The molecular formula is C34H21N. The van der Waals surface area contributed by atoms with E-state index in [0.29, 0.717) is 5.56 Å². The van der Waals surface area contributed by atoms with Crippen LogP contribution in [0.2, 0.25) is 0 Å².